The molecule has 1 aromatic heterocycles. The van der Waals surface area contributed by atoms with Crippen LogP contribution in [0.5, 0.6) is 0 Å². The number of likely N-dealkylation sites (N-methyl/N-ethyl adjacent to an activating group) is 1. The van der Waals surface area contributed by atoms with E-state index >= 15 is 0 Å². The molecule has 1 heterocycles. The Morgan fingerprint density at radius 2 is 1.74 bits per heavy atom. The highest BCUT2D eigenvalue weighted by Crippen LogP contribution is 2.25. The predicted octanol–water partition coefficient (Wildman–Crippen LogP) is 1.90. The molecule has 1 amide bonds. The molecule has 0 fully saturated rings. The quantitative estimate of drug-likeness (QED) is 0.583. The van der Waals surface area contributed by atoms with Gasteiger partial charge in [0.05, 0.1) is 17.1 Å². The van der Waals surface area contributed by atoms with E-state index in [0.717, 1.165) is 5.56 Å². The Labute approximate surface area is 160 Å². The van der Waals surface area contributed by atoms with Crippen LogP contribution >= 0.6 is 11.6 Å². The standard InChI is InChI=1S/C19H19ClN4O3/c1-24(2)16(12-5-3-4-6-13(12)20)10-21-17(25)11-7-8-14-15(9-11)23-19(27)18(26)22-14/h3-9,16H,10H2,1-2H3,(H,21,25)(H,22,26)(H,23,27). The molecule has 0 saturated heterocycles. The fourth-order valence-corrected chi connectivity index (χ4v) is 3.13. The third kappa shape index (κ3) is 4.10. The molecule has 0 spiro atoms. The summed E-state index contributed by atoms with van der Waals surface area (Å²) in [6, 6.07) is 12.1. The number of carbonyl (C=O) groups excluding carboxylic acids is 1. The van der Waals surface area contributed by atoms with Crippen molar-refractivity contribution in [3.8, 4) is 0 Å². The number of aromatic amines is 2. The van der Waals surface area contributed by atoms with Gasteiger partial charge in [-0.2, -0.15) is 0 Å². The molecular weight excluding hydrogens is 368 g/mol. The number of hydrogen-bond acceptors (Lipinski definition) is 4. The number of halogens is 1. The van der Waals surface area contributed by atoms with Crippen LogP contribution in [0.25, 0.3) is 11.0 Å². The van der Waals surface area contributed by atoms with Crippen LogP contribution in [0, 0.1) is 0 Å². The highest BCUT2D eigenvalue weighted by atomic mass is 35.5. The van der Waals surface area contributed by atoms with Gasteiger partial charge in [-0.05, 0) is 43.9 Å². The lowest BCUT2D eigenvalue weighted by molar-refractivity contribution is 0.0942. The first-order valence-corrected chi connectivity index (χ1v) is 8.70. The van der Waals surface area contributed by atoms with Gasteiger partial charge in [-0.3, -0.25) is 14.4 Å². The second-order valence-corrected chi connectivity index (χ2v) is 6.79. The summed E-state index contributed by atoms with van der Waals surface area (Å²) in [5, 5.41) is 3.53. The topological polar surface area (TPSA) is 98.1 Å². The number of carbonyl (C=O) groups is 1. The minimum Gasteiger partial charge on any atom is -0.350 e. The first kappa shape index (κ1) is 18.9. The maximum atomic E-state index is 12.6. The fourth-order valence-electron chi connectivity index (χ4n) is 2.86. The lowest BCUT2D eigenvalue weighted by Gasteiger charge is -2.26. The van der Waals surface area contributed by atoms with E-state index < -0.39 is 11.1 Å². The average molecular weight is 387 g/mol. The second kappa shape index (κ2) is 7.77. The van der Waals surface area contributed by atoms with E-state index in [-0.39, 0.29) is 11.9 Å². The van der Waals surface area contributed by atoms with Gasteiger partial charge in [-0.25, -0.2) is 0 Å². The van der Waals surface area contributed by atoms with Crippen molar-refractivity contribution in [2.75, 3.05) is 20.6 Å². The summed E-state index contributed by atoms with van der Waals surface area (Å²) in [5.41, 5.74) is 0.660. The first-order chi connectivity index (χ1) is 12.9. The van der Waals surface area contributed by atoms with Gasteiger partial charge in [-0.15, -0.1) is 0 Å². The number of rotatable bonds is 5. The predicted molar refractivity (Wildman–Crippen MR) is 105 cm³/mol. The van der Waals surface area contributed by atoms with Crippen molar-refractivity contribution in [3.05, 3.63) is 79.3 Å². The molecule has 0 bridgehead atoms. The molecule has 0 radical (unpaired) electrons. The summed E-state index contributed by atoms with van der Waals surface area (Å²) in [6.45, 7) is 0.357. The summed E-state index contributed by atoms with van der Waals surface area (Å²) in [7, 11) is 3.83. The van der Waals surface area contributed by atoms with E-state index in [1.807, 2.05) is 43.3 Å². The second-order valence-electron chi connectivity index (χ2n) is 6.38. The summed E-state index contributed by atoms with van der Waals surface area (Å²) in [4.78, 5) is 42.3. The van der Waals surface area contributed by atoms with Crippen LogP contribution in [0.4, 0.5) is 0 Å². The van der Waals surface area contributed by atoms with Crippen LogP contribution in [0.15, 0.2) is 52.1 Å². The molecule has 1 unspecified atom stereocenters. The monoisotopic (exact) mass is 386 g/mol. The van der Waals surface area contributed by atoms with Gasteiger partial charge in [0, 0.05) is 17.1 Å². The molecule has 0 aliphatic carbocycles. The summed E-state index contributed by atoms with van der Waals surface area (Å²) < 4.78 is 0. The molecule has 1 atom stereocenters. The SMILES string of the molecule is CN(C)C(CNC(=O)c1ccc2[nH]c(=O)c(=O)[nH]c2c1)c1ccccc1Cl. The van der Waals surface area contributed by atoms with E-state index in [1.165, 1.54) is 6.07 Å². The molecular formula is C19H19ClN4O3. The zero-order chi connectivity index (χ0) is 19.6. The molecule has 0 saturated carbocycles. The first-order valence-electron chi connectivity index (χ1n) is 8.32. The molecule has 8 heteroatoms. The number of H-pyrrole nitrogens is 2. The Hall–Kier alpha value is -2.90. The third-order valence-electron chi connectivity index (χ3n) is 4.33. The van der Waals surface area contributed by atoms with Crippen LogP contribution in [-0.2, 0) is 0 Å². The van der Waals surface area contributed by atoms with E-state index in [0.29, 0.717) is 28.2 Å². The summed E-state index contributed by atoms with van der Waals surface area (Å²) in [6.07, 6.45) is 0. The fraction of sp³-hybridized carbons (Fsp3) is 0.211. The zero-order valence-electron chi connectivity index (χ0n) is 14.9. The van der Waals surface area contributed by atoms with E-state index in [9.17, 15) is 14.4 Å². The minimum absolute atomic E-state index is 0.0979. The highest BCUT2D eigenvalue weighted by Gasteiger charge is 2.18. The maximum absolute atomic E-state index is 12.6. The van der Waals surface area contributed by atoms with Gasteiger partial charge in [0.2, 0.25) is 0 Å². The summed E-state index contributed by atoms with van der Waals surface area (Å²) >= 11 is 6.29. The number of benzene rings is 2. The van der Waals surface area contributed by atoms with Crippen molar-refractivity contribution >= 4 is 28.5 Å². The number of amides is 1. The Morgan fingerprint density at radius 3 is 2.41 bits per heavy atom. The Kier molecular flexibility index (Phi) is 5.43. The number of nitrogens with one attached hydrogen (secondary N) is 3. The lowest BCUT2D eigenvalue weighted by atomic mass is 10.1. The van der Waals surface area contributed by atoms with Gasteiger partial charge in [0.25, 0.3) is 5.91 Å². The van der Waals surface area contributed by atoms with Gasteiger partial charge < -0.3 is 20.2 Å². The average Bonchev–Trinajstić information content (AvgIpc) is 2.63. The van der Waals surface area contributed by atoms with Crippen molar-refractivity contribution in [1.82, 2.24) is 20.2 Å². The molecule has 0 aliphatic heterocycles. The maximum Gasteiger partial charge on any atom is 0.314 e. The van der Waals surface area contributed by atoms with Gasteiger partial charge in [0.1, 0.15) is 0 Å². The van der Waals surface area contributed by atoms with Crippen molar-refractivity contribution in [2.24, 2.45) is 0 Å². The molecule has 27 heavy (non-hydrogen) atoms. The van der Waals surface area contributed by atoms with Crippen molar-refractivity contribution < 1.29 is 4.79 Å². The van der Waals surface area contributed by atoms with E-state index in [2.05, 4.69) is 15.3 Å². The van der Waals surface area contributed by atoms with Crippen LogP contribution in [0.2, 0.25) is 5.02 Å². The highest BCUT2D eigenvalue weighted by molar-refractivity contribution is 6.31. The molecule has 3 rings (SSSR count). The number of hydrogen-bond donors (Lipinski definition) is 3. The molecule has 2 aromatic carbocycles. The van der Waals surface area contributed by atoms with Crippen LogP contribution < -0.4 is 16.4 Å². The zero-order valence-corrected chi connectivity index (χ0v) is 15.6. The molecule has 0 aliphatic rings. The van der Waals surface area contributed by atoms with Crippen molar-refractivity contribution in [1.29, 1.82) is 0 Å². The van der Waals surface area contributed by atoms with Gasteiger partial charge in [-0.1, -0.05) is 29.8 Å². The minimum atomic E-state index is -0.758. The molecule has 3 N–H and O–H groups in total. The Balaban J connectivity index is 1.81. The Bertz CT molecular complexity index is 1100. The summed E-state index contributed by atoms with van der Waals surface area (Å²) in [5.74, 6) is -0.289. The Morgan fingerprint density at radius 1 is 1.07 bits per heavy atom. The molecule has 140 valence electrons. The van der Waals surface area contributed by atoms with Crippen molar-refractivity contribution in [2.45, 2.75) is 6.04 Å². The molecule has 3 aromatic rings. The van der Waals surface area contributed by atoms with Crippen LogP contribution in [0.1, 0.15) is 22.0 Å². The number of nitrogens with zero attached hydrogens (tertiary/aromatic N) is 1. The number of aromatic nitrogens is 2. The number of fused-ring (bicyclic) bond motifs is 1. The normalized spacial score (nSPS) is 12.3. The van der Waals surface area contributed by atoms with Crippen LogP contribution in [0.3, 0.4) is 0 Å². The van der Waals surface area contributed by atoms with E-state index in [4.69, 9.17) is 11.6 Å². The van der Waals surface area contributed by atoms with Crippen LogP contribution in [-0.4, -0.2) is 41.4 Å². The van der Waals surface area contributed by atoms with Crippen molar-refractivity contribution in [3.63, 3.8) is 0 Å². The smallest absolute Gasteiger partial charge is 0.314 e. The largest absolute Gasteiger partial charge is 0.350 e. The lowest BCUT2D eigenvalue weighted by Crippen LogP contribution is -2.34. The van der Waals surface area contributed by atoms with E-state index in [1.54, 1.807) is 12.1 Å². The van der Waals surface area contributed by atoms with Gasteiger partial charge in [0.15, 0.2) is 0 Å². The third-order valence-corrected chi connectivity index (χ3v) is 4.67. The van der Waals surface area contributed by atoms with Gasteiger partial charge >= 0.3 is 11.1 Å². The molecule has 7 nitrogen and oxygen atoms in total.